The molecular formula is C18H32O3. The zero-order valence-electron chi connectivity index (χ0n) is 13.5. The lowest BCUT2D eigenvalue weighted by Gasteiger charge is -2.09. The van der Waals surface area contributed by atoms with Gasteiger partial charge in [0.1, 0.15) is 0 Å². The highest BCUT2D eigenvalue weighted by Crippen LogP contribution is 2.12. The van der Waals surface area contributed by atoms with Crippen LogP contribution in [0.25, 0.3) is 0 Å². The largest absolute Gasteiger partial charge is 0.478 e. The molecule has 0 rings (SSSR count). The molecule has 0 aliphatic carbocycles. The minimum absolute atomic E-state index is 0.177. The van der Waals surface area contributed by atoms with E-state index in [1.807, 2.05) is 6.08 Å². The third-order valence-corrected chi connectivity index (χ3v) is 3.54. The number of aliphatic hydroxyl groups excluding tert-OH is 1. The molecule has 0 aromatic carbocycles. The van der Waals surface area contributed by atoms with E-state index < -0.39 is 5.97 Å². The molecule has 0 spiro atoms. The van der Waals surface area contributed by atoms with E-state index in [2.05, 4.69) is 6.92 Å². The molecule has 0 aromatic heterocycles. The van der Waals surface area contributed by atoms with Crippen LogP contribution < -0.4 is 0 Å². The van der Waals surface area contributed by atoms with Crippen LogP contribution in [0.15, 0.2) is 24.3 Å². The van der Waals surface area contributed by atoms with Crippen molar-refractivity contribution in [1.29, 1.82) is 0 Å². The summed E-state index contributed by atoms with van der Waals surface area (Å²) in [4.78, 5) is 10.2. The molecule has 0 saturated heterocycles. The van der Waals surface area contributed by atoms with Crippen molar-refractivity contribution in [2.45, 2.75) is 83.7 Å². The summed E-state index contributed by atoms with van der Waals surface area (Å²) in [5.41, 5.74) is 0. The highest BCUT2D eigenvalue weighted by Gasteiger charge is 2.02. The van der Waals surface area contributed by atoms with Gasteiger partial charge in [0.05, 0.1) is 6.10 Å². The fraction of sp³-hybridized carbons (Fsp3) is 0.722. The first-order valence-electron chi connectivity index (χ1n) is 8.41. The van der Waals surface area contributed by atoms with Gasteiger partial charge in [0, 0.05) is 6.08 Å². The standard InChI is InChI=1S/C18H32O3/c1-2-3-4-5-6-8-11-14-17(19)15-12-9-7-10-13-16-18(20)21/h7,10,13,16-17,19H,2-6,8-9,11-12,14-15H2,1H3,(H,20,21)/t17-/m1/s1. The van der Waals surface area contributed by atoms with E-state index in [0.29, 0.717) is 0 Å². The Labute approximate surface area is 129 Å². The summed E-state index contributed by atoms with van der Waals surface area (Å²) in [6.45, 7) is 2.23. The number of rotatable bonds is 14. The lowest BCUT2D eigenvalue weighted by atomic mass is 10.0. The molecule has 0 unspecified atom stereocenters. The van der Waals surface area contributed by atoms with Gasteiger partial charge in [0.15, 0.2) is 0 Å². The summed E-state index contributed by atoms with van der Waals surface area (Å²) in [6, 6.07) is 0. The van der Waals surface area contributed by atoms with Crippen LogP contribution >= 0.6 is 0 Å². The smallest absolute Gasteiger partial charge is 0.328 e. The molecule has 0 radical (unpaired) electrons. The third-order valence-electron chi connectivity index (χ3n) is 3.54. The summed E-state index contributed by atoms with van der Waals surface area (Å²) in [5, 5.41) is 18.2. The van der Waals surface area contributed by atoms with E-state index in [4.69, 9.17) is 5.11 Å². The number of aliphatic hydroxyl groups is 1. The van der Waals surface area contributed by atoms with E-state index in [-0.39, 0.29) is 6.10 Å². The van der Waals surface area contributed by atoms with Crippen molar-refractivity contribution in [1.82, 2.24) is 0 Å². The van der Waals surface area contributed by atoms with Crippen molar-refractivity contribution in [3.63, 3.8) is 0 Å². The molecule has 21 heavy (non-hydrogen) atoms. The quantitative estimate of drug-likeness (QED) is 0.273. The van der Waals surface area contributed by atoms with Crippen LogP contribution in [0.2, 0.25) is 0 Å². The van der Waals surface area contributed by atoms with Crippen LogP contribution in [-0.4, -0.2) is 22.3 Å². The molecule has 0 aromatic rings. The predicted octanol–water partition coefficient (Wildman–Crippen LogP) is 4.86. The van der Waals surface area contributed by atoms with Crippen LogP contribution in [0.3, 0.4) is 0 Å². The van der Waals surface area contributed by atoms with Gasteiger partial charge in [-0.15, -0.1) is 0 Å². The van der Waals surface area contributed by atoms with E-state index in [0.717, 1.165) is 38.2 Å². The minimum Gasteiger partial charge on any atom is -0.478 e. The Morgan fingerprint density at radius 2 is 1.57 bits per heavy atom. The average molecular weight is 296 g/mol. The molecule has 1 atom stereocenters. The maximum atomic E-state index is 10.2. The summed E-state index contributed by atoms with van der Waals surface area (Å²) in [6.07, 6.45) is 18.7. The first-order valence-corrected chi connectivity index (χ1v) is 8.41. The summed E-state index contributed by atoms with van der Waals surface area (Å²) in [5.74, 6) is -0.926. The third kappa shape index (κ3) is 16.9. The van der Waals surface area contributed by atoms with Crippen molar-refractivity contribution >= 4 is 5.97 Å². The fourth-order valence-corrected chi connectivity index (χ4v) is 2.27. The Hall–Kier alpha value is -1.09. The van der Waals surface area contributed by atoms with Gasteiger partial charge in [0.25, 0.3) is 0 Å². The van der Waals surface area contributed by atoms with Crippen molar-refractivity contribution in [3.05, 3.63) is 24.3 Å². The Kier molecular flexibility index (Phi) is 14.5. The van der Waals surface area contributed by atoms with Gasteiger partial charge in [-0.25, -0.2) is 4.79 Å². The Balaban J connectivity index is 3.34. The highest BCUT2D eigenvalue weighted by molar-refractivity contribution is 5.80. The number of carbonyl (C=O) groups is 1. The highest BCUT2D eigenvalue weighted by atomic mass is 16.4. The average Bonchev–Trinajstić information content (AvgIpc) is 2.45. The van der Waals surface area contributed by atoms with Crippen molar-refractivity contribution in [2.24, 2.45) is 0 Å². The van der Waals surface area contributed by atoms with E-state index in [1.165, 1.54) is 44.6 Å². The maximum Gasteiger partial charge on any atom is 0.328 e. The second kappa shape index (κ2) is 15.3. The van der Waals surface area contributed by atoms with Gasteiger partial charge < -0.3 is 10.2 Å². The first-order chi connectivity index (χ1) is 10.2. The second-order valence-electron chi connectivity index (χ2n) is 5.62. The molecule has 122 valence electrons. The summed E-state index contributed by atoms with van der Waals surface area (Å²) in [7, 11) is 0. The van der Waals surface area contributed by atoms with Crippen molar-refractivity contribution in [3.8, 4) is 0 Å². The number of carboxylic acids is 1. The van der Waals surface area contributed by atoms with Crippen LogP contribution in [0, 0.1) is 0 Å². The first kappa shape index (κ1) is 19.9. The Bertz CT molecular complexity index is 295. The molecule has 0 aliphatic heterocycles. The molecule has 2 N–H and O–H groups in total. The van der Waals surface area contributed by atoms with Gasteiger partial charge in [-0.3, -0.25) is 0 Å². The molecule has 0 bridgehead atoms. The molecule has 3 nitrogen and oxygen atoms in total. The van der Waals surface area contributed by atoms with Crippen LogP contribution in [0.1, 0.15) is 77.6 Å². The zero-order chi connectivity index (χ0) is 15.8. The summed E-state index contributed by atoms with van der Waals surface area (Å²) >= 11 is 0. The SMILES string of the molecule is CCCCCCCCC[C@@H](O)CCCC=CC=CC(=O)O. The van der Waals surface area contributed by atoms with Gasteiger partial charge in [-0.1, -0.05) is 70.1 Å². The molecule has 0 amide bonds. The number of aliphatic carboxylic acids is 1. The molecule has 0 saturated carbocycles. The predicted molar refractivity (Wildman–Crippen MR) is 88.4 cm³/mol. The lowest BCUT2D eigenvalue weighted by Crippen LogP contribution is -2.05. The van der Waals surface area contributed by atoms with E-state index in [1.54, 1.807) is 6.08 Å². The molecule has 0 fully saturated rings. The topological polar surface area (TPSA) is 57.5 Å². The minimum atomic E-state index is -0.926. The number of hydrogen-bond donors (Lipinski definition) is 2. The number of unbranched alkanes of at least 4 members (excludes halogenated alkanes) is 7. The van der Waals surface area contributed by atoms with Gasteiger partial charge >= 0.3 is 5.97 Å². The number of hydrogen-bond acceptors (Lipinski definition) is 2. The molecule has 3 heteroatoms. The monoisotopic (exact) mass is 296 g/mol. The Morgan fingerprint density at radius 1 is 0.952 bits per heavy atom. The van der Waals surface area contributed by atoms with Crippen molar-refractivity contribution in [2.75, 3.05) is 0 Å². The molecule has 0 aliphatic rings. The maximum absolute atomic E-state index is 10.2. The zero-order valence-corrected chi connectivity index (χ0v) is 13.5. The molecular weight excluding hydrogens is 264 g/mol. The normalized spacial score (nSPS) is 13.2. The Morgan fingerprint density at radius 3 is 2.24 bits per heavy atom. The summed E-state index contributed by atoms with van der Waals surface area (Å²) < 4.78 is 0. The number of carboxylic acid groups (broad SMARTS) is 1. The van der Waals surface area contributed by atoms with E-state index >= 15 is 0 Å². The second-order valence-corrected chi connectivity index (χ2v) is 5.62. The van der Waals surface area contributed by atoms with Gasteiger partial charge in [-0.05, 0) is 25.7 Å². The number of allylic oxidation sites excluding steroid dienone is 3. The van der Waals surface area contributed by atoms with Crippen LogP contribution in [0.5, 0.6) is 0 Å². The lowest BCUT2D eigenvalue weighted by molar-refractivity contribution is -0.131. The molecule has 0 heterocycles. The van der Waals surface area contributed by atoms with Crippen LogP contribution in [-0.2, 0) is 4.79 Å². The van der Waals surface area contributed by atoms with Crippen molar-refractivity contribution < 1.29 is 15.0 Å². The van der Waals surface area contributed by atoms with Crippen LogP contribution in [0.4, 0.5) is 0 Å². The van der Waals surface area contributed by atoms with Gasteiger partial charge in [-0.2, -0.15) is 0 Å². The van der Waals surface area contributed by atoms with Gasteiger partial charge in [0.2, 0.25) is 0 Å². The fourth-order valence-electron chi connectivity index (χ4n) is 2.27. The van der Waals surface area contributed by atoms with E-state index in [9.17, 15) is 9.90 Å².